The lowest BCUT2D eigenvalue weighted by Gasteiger charge is -2.36. The fraction of sp³-hybridized carbons (Fsp3) is 0.0606. The molecule has 1 N–H and O–H groups in total. The summed E-state index contributed by atoms with van der Waals surface area (Å²) in [5.74, 6) is 0. The van der Waals surface area contributed by atoms with Crippen LogP contribution in [0.25, 0.3) is 22.7 Å². The predicted octanol–water partition coefficient (Wildman–Crippen LogP) is 5.14. The maximum absolute atomic E-state index is 9.52. The lowest BCUT2D eigenvalue weighted by atomic mass is 9.23. The van der Waals surface area contributed by atoms with Crippen molar-refractivity contribution in [3.05, 3.63) is 150 Å². The zero-order valence-electron chi connectivity index (χ0n) is 20.4. The first-order chi connectivity index (χ1) is 17.7. The van der Waals surface area contributed by atoms with Crippen LogP contribution in [0.15, 0.2) is 128 Å². The largest absolute Gasteiger partial charge is 0.408 e. The van der Waals surface area contributed by atoms with Crippen molar-refractivity contribution in [2.24, 2.45) is 0 Å². The molecule has 3 heteroatoms. The minimum Gasteiger partial charge on any atom is -0.408 e. The first-order valence-electron chi connectivity index (χ1n) is 12.5. The molecule has 2 nitrogen and oxygen atoms in total. The van der Waals surface area contributed by atoms with Crippen LogP contribution >= 0.6 is 0 Å². The van der Waals surface area contributed by atoms with Gasteiger partial charge in [0.15, 0.2) is 5.69 Å². The molecule has 36 heavy (non-hydrogen) atoms. The topological polar surface area (TPSA) is 24.1 Å². The van der Waals surface area contributed by atoms with Crippen LogP contribution in [0, 0.1) is 6.92 Å². The molecule has 0 amide bonds. The van der Waals surface area contributed by atoms with Gasteiger partial charge in [-0.15, -0.1) is 16.4 Å². The number of aliphatic hydroxyl groups excluding tert-OH is 1. The fourth-order valence-corrected chi connectivity index (χ4v) is 5.95. The number of hydrogen-bond acceptors (Lipinski definition) is 1. The first kappa shape index (κ1) is 22.3. The van der Waals surface area contributed by atoms with Crippen LogP contribution in [-0.4, -0.2) is 11.4 Å². The molecule has 0 spiro atoms. The van der Waals surface area contributed by atoms with Gasteiger partial charge < -0.3 is 9.58 Å². The second-order valence-electron chi connectivity index (χ2n) is 9.67. The standard InChI is InChI=1S/C33H28BNO/c1-25-21-29(27-19-17-26(24-36)18-20-27)23-35-33(25)22-32(28-11-5-2-6-12-28)34(35,30-13-7-3-8-14-30)31-15-9-4-10-16-31/h2-23,36H,24H2,1H3. The van der Waals surface area contributed by atoms with Crippen molar-refractivity contribution in [3.8, 4) is 11.1 Å². The van der Waals surface area contributed by atoms with E-state index >= 15 is 0 Å². The van der Waals surface area contributed by atoms with Crippen LogP contribution in [-0.2, 0) is 6.61 Å². The summed E-state index contributed by atoms with van der Waals surface area (Å²) >= 11 is 0. The minimum absolute atomic E-state index is 0.0524. The van der Waals surface area contributed by atoms with Gasteiger partial charge in [-0.3, -0.25) is 0 Å². The van der Waals surface area contributed by atoms with E-state index in [-0.39, 0.29) is 6.61 Å². The van der Waals surface area contributed by atoms with Crippen molar-refractivity contribution >= 4 is 28.8 Å². The van der Waals surface area contributed by atoms with Crippen molar-refractivity contribution in [2.45, 2.75) is 13.5 Å². The second kappa shape index (κ2) is 9.11. The molecule has 0 saturated heterocycles. The van der Waals surface area contributed by atoms with Gasteiger partial charge in [0.1, 0.15) is 6.20 Å². The SMILES string of the molecule is Cc1cc(-c2ccc(CO)cc2)c[n+]2c1C=C(c1ccccc1)[B-]2(c1ccccc1)c1ccccc1. The third-order valence-corrected chi connectivity index (χ3v) is 7.63. The number of aryl methyl sites for hydroxylation is 1. The maximum Gasteiger partial charge on any atom is 0.361 e. The molecule has 0 unspecified atom stereocenters. The van der Waals surface area contributed by atoms with Gasteiger partial charge in [-0.1, -0.05) is 121 Å². The van der Waals surface area contributed by atoms with Crippen LogP contribution in [0.1, 0.15) is 22.4 Å². The normalized spacial score (nSPS) is 13.8. The van der Waals surface area contributed by atoms with Gasteiger partial charge in [0, 0.05) is 11.1 Å². The Kier molecular flexibility index (Phi) is 5.63. The third-order valence-electron chi connectivity index (χ3n) is 7.63. The third kappa shape index (κ3) is 3.52. The van der Waals surface area contributed by atoms with Gasteiger partial charge in [0.05, 0.1) is 6.61 Å². The number of aromatic nitrogens is 1. The van der Waals surface area contributed by atoms with E-state index in [1.165, 1.54) is 38.8 Å². The molecule has 0 radical (unpaired) electrons. The quantitative estimate of drug-likeness (QED) is 0.357. The van der Waals surface area contributed by atoms with Crippen molar-refractivity contribution < 1.29 is 9.58 Å². The maximum atomic E-state index is 9.52. The van der Waals surface area contributed by atoms with Gasteiger partial charge in [0.2, 0.25) is 0 Å². The minimum atomic E-state index is -1.48. The molecule has 0 saturated carbocycles. The van der Waals surface area contributed by atoms with Gasteiger partial charge in [-0.25, -0.2) is 0 Å². The van der Waals surface area contributed by atoms with E-state index in [0.717, 1.165) is 11.1 Å². The Morgan fingerprint density at radius 3 is 1.75 bits per heavy atom. The molecular formula is C33H28BNO. The molecule has 2 heterocycles. The molecular weight excluding hydrogens is 437 g/mol. The molecule has 174 valence electrons. The summed E-state index contributed by atoms with van der Waals surface area (Å²) in [5.41, 5.74) is 10.8. The molecule has 4 aromatic carbocycles. The zero-order chi connectivity index (χ0) is 24.5. The Balaban J connectivity index is 1.69. The summed E-state index contributed by atoms with van der Waals surface area (Å²) in [5, 5.41) is 9.52. The number of hydrogen-bond donors (Lipinski definition) is 1. The summed E-state index contributed by atoms with van der Waals surface area (Å²) < 4.78 is 2.53. The highest BCUT2D eigenvalue weighted by molar-refractivity contribution is 7.10. The van der Waals surface area contributed by atoms with Gasteiger partial charge in [-0.05, 0) is 30.2 Å². The van der Waals surface area contributed by atoms with E-state index in [1.54, 1.807) is 0 Å². The van der Waals surface area contributed by atoms with Crippen LogP contribution < -0.4 is 15.4 Å². The fourth-order valence-electron chi connectivity index (χ4n) is 5.95. The Bertz CT molecular complexity index is 1500. The number of nitrogens with zero attached hydrogens (tertiary/aromatic N) is 1. The molecule has 0 fully saturated rings. The predicted molar refractivity (Wildman–Crippen MR) is 150 cm³/mol. The zero-order valence-corrected chi connectivity index (χ0v) is 20.4. The molecule has 0 bridgehead atoms. The highest BCUT2D eigenvalue weighted by atomic mass is 16.3. The van der Waals surface area contributed by atoms with E-state index in [9.17, 15) is 5.11 Å². The van der Waals surface area contributed by atoms with Crippen LogP contribution in [0.5, 0.6) is 0 Å². The van der Waals surface area contributed by atoms with Crippen LogP contribution in [0.3, 0.4) is 0 Å². The number of pyridine rings is 1. The van der Waals surface area contributed by atoms with Crippen molar-refractivity contribution in [2.75, 3.05) is 0 Å². The first-order valence-corrected chi connectivity index (χ1v) is 12.5. The Labute approximate surface area is 212 Å². The molecule has 1 aliphatic heterocycles. The number of fused-ring (bicyclic) bond motifs is 1. The molecule has 0 atom stereocenters. The van der Waals surface area contributed by atoms with E-state index in [2.05, 4.69) is 133 Å². The van der Waals surface area contributed by atoms with Gasteiger partial charge in [0.25, 0.3) is 0 Å². The average molecular weight is 465 g/mol. The Morgan fingerprint density at radius 1 is 0.639 bits per heavy atom. The van der Waals surface area contributed by atoms with Crippen molar-refractivity contribution in [3.63, 3.8) is 0 Å². The van der Waals surface area contributed by atoms with Gasteiger partial charge in [-0.2, -0.15) is 0 Å². The number of rotatable bonds is 5. The molecule has 0 aliphatic carbocycles. The molecule has 5 aromatic rings. The summed E-state index contributed by atoms with van der Waals surface area (Å²) in [7, 11) is 0. The highest BCUT2D eigenvalue weighted by Crippen LogP contribution is 2.34. The molecule has 1 aliphatic rings. The van der Waals surface area contributed by atoms with Gasteiger partial charge >= 0.3 is 6.28 Å². The van der Waals surface area contributed by atoms with E-state index < -0.39 is 6.28 Å². The number of aliphatic hydroxyl groups is 1. The summed E-state index contributed by atoms with van der Waals surface area (Å²) in [6.45, 7) is 2.26. The molecule has 1 aromatic heterocycles. The number of benzene rings is 4. The second-order valence-corrected chi connectivity index (χ2v) is 9.67. The van der Waals surface area contributed by atoms with E-state index in [4.69, 9.17) is 0 Å². The van der Waals surface area contributed by atoms with E-state index in [0.29, 0.717) is 0 Å². The van der Waals surface area contributed by atoms with Crippen LogP contribution in [0.2, 0.25) is 0 Å². The summed E-state index contributed by atoms with van der Waals surface area (Å²) in [4.78, 5) is 0. The monoisotopic (exact) mass is 465 g/mol. The Hall–Kier alpha value is -4.21. The van der Waals surface area contributed by atoms with Crippen LogP contribution in [0.4, 0.5) is 0 Å². The van der Waals surface area contributed by atoms with E-state index in [1.807, 2.05) is 12.1 Å². The smallest absolute Gasteiger partial charge is 0.361 e. The molecule has 6 rings (SSSR count). The summed E-state index contributed by atoms with van der Waals surface area (Å²) in [6.07, 6.45) is 3.23. The highest BCUT2D eigenvalue weighted by Gasteiger charge is 2.49. The lowest BCUT2D eigenvalue weighted by Crippen LogP contribution is -2.78. The van der Waals surface area contributed by atoms with Crippen molar-refractivity contribution in [1.29, 1.82) is 0 Å². The average Bonchev–Trinajstić information content (AvgIpc) is 3.31. The Morgan fingerprint density at radius 2 is 1.19 bits per heavy atom. The van der Waals surface area contributed by atoms with Crippen molar-refractivity contribution in [1.82, 2.24) is 0 Å². The summed E-state index contributed by atoms with van der Waals surface area (Å²) in [6, 6.07) is 43.1. The lowest BCUT2D eigenvalue weighted by molar-refractivity contribution is -0.538.